The Bertz CT molecular complexity index is 2010. The van der Waals surface area contributed by atoms with Gasteiger partial charge in [-0.05, 0) is 104 Å². The number of amides is 4. The van der Waals surface area contributed by atoms with E-state index in [1.54, 1.807) is 52.0 Å². The van der Waals surface area contributed by atoms with Gasteiger partial charge in [-0.1, -0.05) is 46.8 Å². The summed E-state index contributed by atoms with van der Waals surface area (Å²) >= 11 is 0. The second-order valence-corrected chi connectivity index (χ2v) is 23.7. The van der Waals surface area contributed by atoms with E-state index in [0.29, 0.717) is 60.4 Å². The highest BCUT2D eigenvalue weighted by molar-refractivity contribution is 6.74. The number of ketones is 2. The first-order valence-electron chi connectivity index (χ1n) is 23.4. The Labute approximate surface area is 408 Å². The van der Waals surface area contributed by atoms with E-state index >= 15 is 0 Å². The number of aliphatic hydroxyl groups excluding tert-OH is 3. The number of nitrogens with one attached hydrogen (secondary N) is 4. The molecule has 18 nitrogen and oxygen atoms in total. The number of unbranched alkanes of at least 4 members (excludes halogenated alkanes) is 2. The molecule has 0 saturated carbocycles. The molecular formula is C50H78N4O14Si. The van der Waals surface area contributed by atoms with Crippen molar-refractivity contribution in [3.63, 3.8) is 0 Å². The molecule has 0 unspecified atom stereocenters. The molecule has 7 N–H and O–H groups in total. The molecule has 69 heavy (non-hydrogen) atoms. The normalized spacial score (nSPS) is 13.0. The highest BCUT2D eigenvalue weighted by Crippen LogP contribution is 2.37. The Morgan fingerprint density at radius 3 is 1.22 bits per heavy atom. The van der Waals surface area contributed by atoms with Crippen molar-refractivity contribution in [2.75, 3.05) is 24.9 Å². The molecule has 4 amide bonds. The first-order chi connectivity index (χ1) is 32.3. The van der Waals surface area contributed by atoms with Gasteiger partial charge in [-0.15, -0.1) is 0 Å². The van der Waals surface area contributed by atoms with Crippen molar-refractivity contribution < 1.29 is 67.6 Å². The van der Waals surface area contributed by atoms with Gasteiger partial charge in [0.25, 0.3) is 0 Å². The van der Waals surface area contributed by atoms with Crippen molar-refractivity contribution in [1.29, 1.82) is 0 Å². The molecule has 0 radical (unpaired) electrons. The maximum Gasteiger partial charge on any atom is 0.305 e. The van der Waals surface area contributed by atoms with Crippen LogP contribution in [0.1, 0.15) is 135 Å². The number of anilines is 2. The fourth-order valence-electron chi connectivity index (χ4n) is 6.28. The zero-order valence-electron chi connectivity index (χ0n) is 42.5. The number of ether oxygens (including phenoxy) is 2. The van der Waals surface area contributed by atoms with Crippen LogP contribution in [0.25, 0.3) is 0 Å². The van der Waals surface area contributed by atoms with Gasteiger partial charge >= 0.3 is 11.9 Å². The van der Waals surface area contributed by atoms with E-state index in [9.17, 15) is 53.7 Å². The standard InChI is InChI=1S/C28H46N2O7Si.C22H32N2O7/c1-19(13-24(32)20(2)29-25(33)11-9-10-12-26(34)36-6)27(35)30-23-15-21(17-31)14-22(16-23)18-37-38(7,8)28(3,4)5;1-14(22(30)24-18-10-16(12-25)9-17(11-18)13-26)8-19(27)15(2)23-20(28)6-4-5-7-21(29)31-3/h14-16,19-20,31H,9-13,17-18H2,1-8H3,(H,29,33)(H,30,35);9-11,14-15,25-26H,4-8,12-13H2,1-3H3,(H,23,28)(H,24,30)/t19-,20+;14-,15+/m11/s1. The number of carbonyl (C=O) groups is 8. The van der Waals surface area contributed by atoms with Gasteiger partial charge in [-0.3, -0.25) is 38.4 Å². The Hall–Kier alpha value is -5.34. The van der Waals surface area contributed by atoms with E-state index in [2.05, 4.69) is 64.6 Å². The molecule has 2 aromatic rings. The predicted octanol–water partition coefficient (Wildman–Crippen LogP) is 5.92. The largest absolute Gasteiger partial charge is 0.469 e. The van der Waals surface area contributed by atoms with Gasteiger partial charge in [0, 0.05) is 61.7 Å². The van der Waals surface area contributed by atoms with Gasteiger partial charge in [-0.25, -0.2) is 0 Å². The lowest BCUT2D eigenvalue weighted by molar-refractivity contribution is -0.141. The zero-order chi connectivity index (χ0) is 52.5. The molecule has 0 heterocycles. The van der Waals surface area contributed by atoms with Crippen LogP contribution < -0.4 is 21.3 Å². The number of benzene rings is 2. The lowest BCUT2D eigenvalue weighted by atomic mass is 9.99. The number of methoxy groups -OCH3 is 2. The van der Waals surface area contributed by atoms with Crippen molar-refractivity contribution in [2.45, 2.75) is 169 Å². The fraction of sp³-hybridized carbons (Fsp3) is 0.600. The monoisotopic (exact) mass is 987 g/mol. The topological polar surface area (TPSA) is 273 Å². The minimum Gasteiger partial charge on any atom is -0.469 e. The summed E-state index contributed by atoms with van der Waals surface area (Å²) in [6.07, 6.45) is 2.87. The summed E-state index contributed by atoms with van der Waals surface area (Å²) in [5, 5.41) is 39.1. The van der Waals surface area contributed by atoms with Crippen molar-refractivity contribution in [3.05, 3.63) is 58.7 Å². The van der Waals surface area contributed by atoms with Gasteiger partial charge in [0.1, 0.15) is 0 Å². The molecule has 0 saturated heterocycles. The third kappa shape index (κ3) is 24.2. The van der Waals surface area contributed by atoms with E-state index < -0.39 is 32.2 Å². The summed E-state index contributed by atoms with van der Waals surface area (Å²) in [6.45, 7) is 17.0. The van der Waals surface area contributed by atoms with Crippen molar-refractivity contribution >= 4 is 66.8 Å². The van der Waals surface area contributed by atoms with Crippen LogP contribution in [0.4, 0.5) is 11.4 Å². The highest BCUT2D eigenvalue weighted by Gasteiger charge is 2.37. The van der Waals surface area contributed by atoms with Gasteiger partial charge in [-0.2, -0.15) is 0 Å². The third-order valence-corrected chi connectivity index (χ3v) is 16.2. The van der Waals surface area contributed by atoms with E-state index in [1.807, 2.05) is 12.1 Å². The van der Waals surface area contributed by atoms with Gasteiger partial charge in [0.2, 0.25) is 23.6 Å². The predicted molar refractivity (Wildman–Crippen MR) is 264 cm³/mol. The Kier molecular flexibility index (Phi) is 27.7. The first-order valence-corrected chi connectivity index (χ1v) is 26.3. The number of aliphatic hydroxyl groups is 3. The molecule has 0 fully saturated rings. The van der Waals surface area contributed by atoms with Gasteiger partial charge in [0.05, 0.1) is 52.7 Å². The van der Waals surface area contributed by atoms with Crippen LogP contribution in [-0.2, 0) is 78.7 Å². The maximum absolute atomic E-state index is 12.8. The summed E-state index contributed by atoms with van der Waals surface area (Å²) in [5.41, 5.74) is 3.56. The van der Waals surface area contributed by atoms with Gasteiger partial charge < -0.3 is 50.5 Å². The molecule has 2 rings (SSSR count). The summed E-state index contributed by atoms with van der Waals surface area (Å²) in [7, 11) is 0.651. The van der Waals surface area contributed by atoms with Crippen LogP contribution in [0.5, 0.6) is 0 Å². The van der Waals surface area contributed by atoms with Crippen molar-refractivity contribution in [2.24, 2.45) is 11.8 Å². The fourth-order valence-corrected chi connectivity index (χ4v) is 7.24. The van der Waals surface area contributed by atoms with Crippen LogP contribution in [0.3, 0.4) is 0 Å². The highest BCUT2D eigenvalue weighted by atomic mass is 28.4. The van der Waals surface area contributed by atoms with Crippen LogP contribution in [-0.4, -0.2) is 97.1 Å². The average molecular weight is 987 g/mol. The smallest absolute Gasteiger partial charge is 0.305 e. The number of hydrogen-bond donors (Lipinski definition) is 7. The van der Waals surface area contributed by atoms with Crippen molar-refractivity contribution in [1.82, 2.24) is 10.6 Å². The lowest BCUT2D eigenvalue weighted by Crippen LogP contribution is -2.40. The second-order valence-electron chi connectivity index (χ2n) is 18.9. The minimum atomic E-state index is -1.98. The maximum atomic E-state index is 12.8. The molecule has 0 spiro atoms. The number of carbonyl (C=O) groups excluding carboxylic acids is 8. The summed E-state index contributed by atoms with van der Waals surface area (Å²) in [5.74, 6) is -3.70. The first kappa shape index (κ1) is 61.7. The summed E-state index contributed by atoms with van der Waals surface area (Å²) in [6, 6.07) is 8.73. The Morgan fingerprint density at radius 2 is 0.884 bits per heavy atom. The molecular weight excluding hydrogens is 909 g/mol. The number of esters is 2. The van der Waals surface area contributed by atoms with Crippen LogP contribution in [0.15, 0.2) is 36.4 Å². The minimum absolute atomic E-state index is 0.0311. The average Bonchev–Trinajstić information content (AvgIpc) is 3.30. The number of Topliss-reactive ketones (excluding diaryl/α,β-unsaturated/α-hetero) is 2. The van der Waals surface area contributed by atoms with E-state index in [0.717, 1.165) is 5.56 Å². The van der Waals surface area contributed by atoms with E-state index in [4.69, 9.17) is 4.43 Å². The van der Waals surface area contributed by atoms with Gasteiger partial charge in [0.15, 0.2) is 19.9 Å². The Balaban J connectivity index is 0.000000704. The molecule has 2 aromatic carbocycles. The van der Waals surface area contributed by atoms with E-state index in [1.165, 1.54) is 14.2 Å². The van der Waals surface area contributed by atoms with E-state index in [-0.39, 0.29) is 111 Å². The quantitative estimate of drug-likeness (QED) is 0.0297. The molecule has 386 valence electrons. The van der Waals surface area contributed by atoms with Crippen LogP contribution in [0.2, 0.25) is 18.1 Å². The molecule has 0 aliphatic heterocycles. The lowest BCUT2D eigenvalue weighted by Gasteiger charge is -2.36. The van der Waals surface area contributed by atoms with Crippen LogP contribution >= 0.6 is 0 Å². The number of hydrogen-bond acceptors (Lipinski definition) is 14. The molecule has 0 bridgehead atoms. The summed E-state index contributed by atoms with van der Waals surface area (Å²) in [4.78, 5) is 96.5. The molecule has 0 aliphatic carbocycles. The SMILES string of the molecule is COC(=O)CCCCC(=O)N[C@@H](C)C(=O)C[C@@H](C)C(=O)Nc1cc(CO)cc(CO)c1.COC(=O)CCCCC(=O)N[C@@H](C)C(=O)C[C@@H](C)C(=O)Nc1cc(CO)cc(CO[Si](C)(C)C(C)(C)C)c1. The zero-order valence-corrected chi connectivity index (χ0v) is 43.5. The second kappa shape index (κ2) is 31.0. The molecule has 0 aromatic heterocycles. The third-order valence-electron chi connectivity index (χ3n) is 11.7. The summed E-state index contributed by atoms with van der Waals surface area (Å²) < 4.78 is 15.4. The Morgan fingerprint density at radius 1 is 0.551 bits per heavy atom. The number of rotatable bonds is 28. The van der Waals surface area contributed by atoms with Crippen molar-refractivity contribution in [3.8, 4) is 0 Å². The molecule has 19 heteroatoms. The molecule has 4 atom stereocenters. The van der Waals surface area contributed by atoms with Crippen LogP contribution in [0, 0.1) is 11.8 Å². The molecule has 0 aliphatic rings.